The van der Waals surface area contributed by atoms with E-state index < -0.39 is 35.5 Å². The number of nitrogens with zero attached hydrogens (tertiary/aromatic N) is 3. The predicted molar refractivity (Wildman–Crippen MR) is 136 cm³/mol. The molecule has 2 fully saturated rings. The highest BCUT2D eigenvalue weighted by Gasteiger charge is 2.46. The van der Waals surface area contributed by atoms with Gasteiger partial charge in [-0.1, -0.05) is 25.1 Å². The van der Waals surface area contributed by atoms with Crippen molar-refractivity contribution in [3.05, 3.63) is 65.0 Å². The normalized spacial score (nSPS) is 20.9. The Morgan fingerprint density at radius 3 is 2.45 bits per heavy atom. The summed E-state index contributed by atoms with van der Waals surface area (Å²) in [7, 11) is 1.67. The number of benzene rings is 2. The zero-order chi connectivity index (χ0) is 27.2. The highest BCUT2D eigenvalue weighted by Crippen LogP contribution is 2.38. The van der Waals surface area contributed by atoms with Crippen LogP contribution in [0, 0.1) is 11.2 Å². The molecule has 1 atom stereocenters. The minimum absolute atomic E-state index is 0.0413. The summed E-state index contributed by atoms with van der Waals surface area (Å²) in [5.74, 6) is -3.03. The van der Waals surface area contributed by atoms with Gasteiger partial charge < -0.3 is 9.80 Å². The molecule has 0 bridgehead atoms. The van der Waals surface area contributed by atoms with Gasteiger partial charge in [0, 0.05) is 33.1 Å². The summed E-state index contributed by atoms with van der Waals surface area (Å²) in [6, 6.07) is 10.0. The molecule has 2 saturated heterocycles. The minimum Gasteiger partial charge on any atom is -0.371 e. The van der Waals surface area contributed by atoms with Gasteiger partial charge in [-0.15, -0.1) is 0 Å². The van der Waals surface area contributed by atoms with Gasteiger partial charge in [0.2, 0.25) is 11.8 Å². The molecule has 38 heavy (non-hydrogen) atoms. The van der Waals surface area contributed by atoms with E-state index in [1.165, 1.54) is 12.1 Å². The van der Waals surface area contributed by atoms with Gasteiger partial charge in [-0.05, 0) is 48.9 Å². The molecule has 1 N–H and O–H groups in total. The number of hydrogen-bond acceptors (Lipinski definition) is 6. The molecule has 10 heteroatoms. The average molecular weight is 521 g/mol. The van der Waals surface area contributed by atoms with Crippen molar-refractivity contribution >= 4 is 35.2 Å². The molecule has 0 aromatic heterocycles. The number of anilines is 1. The molecule has 0 radical (unpaired) electrons. The maximum Gasteiger partial charge on any atom is 0.264 e. The number of halogens is 1. The van der Waals surface area contributed by atoms with E-state index in [9.17, 15) is 28.4 Å². The summed E-state index contributed by atoms with van der Waals surface area (Å²) in [6.45, 7) is 3.72. The summed E-state index contributed by atoms with van der Waals surface area (Å²) in [5, 5.41) is 2.21. The molecule has 3 aliphatic heterocycles. The Labute approximate surface area is 219 Å². The van der Waals surface area contributed by atoms with Crippen LogP contribution in [0.15, 0.2) is 42.5 Å². The lowest BCUT2D eigenvalue weighted by molar-refractivity contribution is -0.136. The van der Waals surface area contributed by atoms with Crippen LogP contribution >= 0.6 is 0 Å². The van der Waals surface area contributed by atoms with Crippen molar-refractivity contribution in [3.63, 3.8) is 0 Å². The molecule has 9 nitrogen and oxygen atoms in total. The molecule has 5 amide bonds. The molecular formula is C28H29FN4O5. The monoisotopic (exact) mass is 520 g/mol. The van der Waals surface area contributed by atoms with Crippen LogP contribution in [-0.2, 0) is 9.59 Å². The van der Waals surface area contributed by atoms with E-state index in [0.717, 1.165) is 4.90 Å². The van der Waals surface area contributed by atoms with Crippen molar-refractivity contribution in [3.8, 4) is 0 Å². The number of rotatable bonds is 5. The summed E-state index contributed by atoms with van der Waals surface area (Å²) in [4.78, 5) is 68.0. The van der Waals surface area contributed by atoms with E-state index in [1.807, 2.05) is 0 Å². The summed E-state index contributed by atoms with van der Waals surface area (Å²) < 4.78 is 14.1. The van der Waals surface area contributed by atoms with E-state index in [0.29, 0.717) is 38.2 Å². The number of carbonyl (C=O) groups is 5. The molecule has 0 aliphatic carbocycles. The Balaban J connectivity index is 1.30. The topological polar surface area (TPSA) is 107 Å². The highest BCUT2D eigenvalue weighted by molar-refractivity contribution is 6.25. The number of piperidine rings is 2. The molecule has 0 saturated carbocycles. The first-order valence-corrected chi connectivity index (χ1v) is 12.7. The number of fused-ring (bicyclic) bond motifs is 1. The smallest absolute Gasteiger partial charge is 0.264 e. The lowest BCUT2D eigenvalue weighted by Crippen LogP contribution is -2.54. The van der Waals surface area contributed by atoms with Gasteiger partial charge in [0.1, 0.15) is 11.9 Å². The Hall–Kier alpha value is -4.08. The molecule has 198 valence electrons. The van der Waals surface area contributed by atoms with Crippen LogP contribution in [0.4, 0.5) is 10.1 Å². The number of hydrogen-bond donors (Lipinski definition) is 1. The van der Waals surface area contributed by atoms with Crippen molar-refractivity contribution < 1.29 is 28.4 Å². The number of imide groups is 2. The fourth-order valence-corrected chi connectivity index (χ4v) is 5.69. The standard InChI is InChI=1S/C28H29FN4O5/c1-28(16-31(2)25(36)17-6-3-4-8-19(17)29)12-14-32(15-13-28)20-9-5-7-18-23(20)27(38)33(26(18)37)21-10-11-22(34)30-24(21)35/h3-9,21H,10-16H2,1-2H3,(H,30,34,35). The minimum atomic E-state index is -1.01. The second kappa shape index (κ2) is 9.66. The van der Waals surface area contributed by atoms with Crippen molar-refractivity contribution in [2.24, 2.45) is 5.41 Å². The Morgan fingerprint density at radius 1 is 1.05 bits per heavy atom. The lowest BCUT2D eigenvalue weighted by atomic mass is 9.79. The lowest BCUT2D eigenvalue weighted by Gasteiger charge is -2.42. The van der Waals surface area contributed by atoms with Crippen LogP contribution < -0.4 is 10.2 Å². The Morgan fingerprint density at radius 2 is 1.76 bits per heavy atom. The van der Waals surface area contributed by atoms with Crippen molar-refractivity contribution in [2.75, 3.05) is 31.6 Å². The molecular weight excluding hydrogens is 491 g/mol. The van der Waals surface area contributed by atoms with Crippen LogP contribution in [0.2, 0.25) is 0 Å². The van der Waals surface area contributed by atoms with E-state index >= 15 is 0 Å². The number of nitrogens with one attached hydrogen (secondary N) is 1. The van der Waals surface area contributed by atoms with Crippen LogP contribution in [0.25, 0.3) is 0 Å². The predicted octanol–water partition coefficient (Wildman–Crippen LogP) is 2.61. The van der Waals surface area contributed by atoms with Gasteiger partial charge in [-0.25, -0.2) is 4.39 Å². The Kier molecular flexibility index (Phi) is 6.50. The average Bonchev–Trinajstić information content (AvgIpc) is 3.14. The molecule has 2 aromatic carbocycles. The van der Waals surface area contributed by atoms with Gasteiger partial charge in [-0.2, -0.15) is 0 Å². The van der Waals surface area contributed by atoms with Crippen molar-refractivity contribution in [2.45, 2.75) is 38.6 Å². The SMILES string of the molecule is CN(CC1(C)CCN(c2cccc3c2C(=O)N(C2CCC(=O)NC2=O)C3=O)CC1)C(=O)c1ccccc1F. The molecule has 3 heterocycles. The fraction of sp³-hybridized carbons (Fsp3) is 0.393. The Bertz CT molecular complexity index is 1350. The highest BCUT2D eigenvalue weighted by atomic mass is 19.1. The van der Waals surface area contributed by atoms with Gasteiger partial charge in [-0.3, -0.25) is 34.2 Å². The van der Waals surface area contributed by atoms with Crippen LogP contribution in [0.5, 0.6) is 0 Å². The van der Waals surface area contributed by atoms with E-state index in [2.05, 4.69) is 17.1 Å². The third kappa shape index (κ3) is 4.44. The number of carbonyl (C=O) groups excluding carboxylic acids is 5. The van der Waals surface area contributed by atoms with Crippen LogP contribution in [0.3, 0.4) is 0 Å². The third-order valence-electron chi connectivity index (χ3n) is 7.83. The van der Waals surface area contributed by atoms with E-state index in [-0.39, 0.29) is 40.9 Å². The first-order chi connectivity index (χ1) is 18.1. The largest absolute Gasteiger partial charge is 0.371 e. The molecule has 5 rings (SSSR count). The number of amides is 5. The second-order valence-corrected chi connectivity index (χ2v) is 10.6. The van der Waals surface area contributed by atoms with Gasteiger partial charge >= 0.3 is 0 Å². The summed E-state index contributed by atoms with van der Waals surface area (Å²) in [6.07, 6.45) is 1.59. The quantitative estimate of drug-likeness (QED) is 0.608. The fourth-order valence-electron chi connectivity index (χ4n) is 5.69. The molecule has 2 aromatic rings. The van der Waals surface area contributed by atoms with Crippen LogP contribution in [0.1, 0.15) is 63.7 Å². The van der Waals surface area contributed by atoms with E-state index in [1.54, 1.807) is 42.3 Å². The summed E-state index contributed by atoms with van der Waals surface area (Å²) in [5.41, 5.74) is 0.981. The van der Waals surface area contributed by atoms with Gasteiger partial charge in [0.15, 0.2) is 0 Å². The van der Waals surface area contributed by atoms with Gasteiger partial charge in [0.05, 0.1) is 22.4 Å². The molecule has 1 unspecified atom stereocenters. The maximum atomic E-state index is 14.1. The van der Waals surface area contributed by atoms with Gasteiger partial charge in [0.25, 0.3) is 17.7 Å². The van der Waals surface area contributed by atoms with Crippen molar-refractivity contribution in [1.29, 1.82) is 0 Å². The van der Waals surface area contributed by atoms with Crippen LogP contribution in [-0.4, -0.2) is 72.1 Å². The second-order valence-electron chi connectivity index (χ2n) is 10.6. The maximum absolute atomic E-state index is 14.1. The zero-order valence-corrected chi connectivity index (χ0v) is 21.3. The molecule has 3 aliphatic rings. The summed E-state index contributed by atoms with van der Waals surface area (Å²) >= 11 is 0. The first-order valence-electron chi connectivity index (χ1n) is 12.7. The zero-order valence-electron chi connectivity index (χ0n) is 21.3. The van der Waals surface area contributed by atoms with Crippen molar-refractivity contribution in [1.82, 2.24) is 15.1 Å². The first kappa shape index (κ1) is 25.6. The van der Waals surface area contributed by atoms with E-state index in [4.69, 9.17) is 0 Å². The molecule has 0 spiro atoms. The third-order valence-corrected chi connectivity index (χ3v) is 7.83.